The second kappa shape index (κ2) is 5.55. The molecule has 0 saturated heterocycles. The van der Waals surface area contributed by atoms with E-state index in [2.05, 4.69) is 29.1 Å². The number of anilines is 2. The van der Waals surface area contributed by atoms with Crippen molar-refractivity contribution in [3.63, 3.8) is 0 Å². The van der Waals surface area contributed by atoms with E-state index >= 15 is 0 Å². The van der Waals surface area contributed by atoms with Gasteiger partial charge in [-0.3, -0.25) is 0 Å². The first kappa shape index (κ1) is 13.1. The van der Waals surface area contributed by atoms with Gasteiger partial charge in [-0.25, -0.2) is 9.97 Å². The zero-order valence-electron chi connectivity index (χ0n) is 11.5. The smallest absolute Gasteiger partial charge is 0.134 e. The molecule has 0 aromatic carbocycles. The zero-order valence-corrected chi connectivity index (χ0v) is 11.5. The third-order valence-electron chi connectivity index (χ3n) is 3.97. The predicted molar refractivity (Wildman–Crippen MR) is 75.5 cm³/mol. The first-order valence-corrected chi connectivity index (χ1v) is 6.98. The molecule has 1 aliphatic rings. The molecule has 0 atom stereocenters. The maximum absolute atomic E-state index is 5.93. The number of nitrogen functional groups attached to an aromatic ring is 1. The van der Waals surface area contributed by atoms with Crippen molar-refractivity contribution in [3.8, 4) is 0 Å². The third kappa shape index (κ3) is 2.92. The van der Waals surface area contributed by atoms with Gasteiger partial charge in [-0.15, -0.1) is 0 Å². The van der Waals surface area contributed by atoms with Crippen molar-refractivity contribution < 1.29 is 0 Å². The van der Waals surface area contributed by atoms with Crippen molar-refractivity contribution >= 4 is 11.6 Å². The molecule has 1 aliphatic carbocycles. The summed E-state index contributed by atoms with van der Waals surface area (Å²) in [6.07, 6.45) is 8.87. The summed E-state index contributed by atoms with van der Waals surface area (Å²) >= 11 is 0. The van der Waals surface area contributed by atoms with Crippen LogP contribution in [0.4, 0.5) is 11.6 Å². The number of hydrogen-bond donors (Lipinski definition) is 2. The molecule has 0 spiro atoms. The Kier molecular flexibility index (Phi) is 4.04. The Bertz CT molecular complexity index is 397. The molecule has 1 aromatic rings. The van der Waals surface area contributed by atoms with Gasteiger partial charge < -0.3 is 11.1 Å². The molecule has 0 unspecified atom stereocenters. The molecule has 2 rings (SSSR count). The summed E-state index contributed by atoms with van der Waals surface area (Å²) in [7, 11) is 0. The van der Waals surface area contributed by atoms with E-state index in [1.54, 1.807) is 6.33 Å². The van der Waals surface area contributed by atoms with Gasteiger partial charge in [-0.05, 0) is 24.7 Å². The van der Waals surface area contributed by atoms with Crippen LogP contribution < -0.4 is 11.1 Å². The number of aromatic nitrogens is 2. The number of hydrogen-bond acceptors (Lipinski definition) is 4. The van der Waals surface area contributed by atoms with Crippen LogP contribution in [0.25, 0.3) is 0 Å². The highest BCUT2D eigenvalue weighted by Crippen LogP contribution is 2.37. The summed E-state index contributed by atoms with van der Waals surface area (Å²) in [5, 5.41) is 3.49. The maximum atomic E-state index is 5.93. The summed E-state index contributed by atoms with van der Waals surface area (Å²) < 4.78 is 0. The summed E-state index contributed by atoms with van der Waals surface area (Å²) in [6.45, 7) is 5.49. The highest BCUT2D eigenvalue weighted by Gasteiger charge is 2.28. The standard InChI is InChI=1S/C14H24N4/c1-3-6-11-12(15)17-10-18-13(11)16-9-14(2)7-4-5-8-14/h10H,3-9H2,1-2H3,(H3,15,16,17,18). The van der Waals surface area contributed by atoms with Crippen molar-refractivity contribution in [2.24, 2.45) is 5.41 Å². The van der Waals surface area contributed by atoms with Crippen LogP contribution in [0.15, 0.2) is 6.33 Å². The fourth-order valence-electron chi connectivity index (χ4n) is 2.78. The molecular weight excluding hydrogens is 224 g/mol. The minimum Gasteiger partial charge on any atom is -0.383 e. The lowest BCUT2D eigenvalue weighted by Gasteiger charge is -2.24. The van der Waals surface area contributed by atoms with E-state index in [-0.39, 0.29) is 0 Å². The molecule has 4 nitrogen and oxygen atoms in total. The van der Waals surface area contributed by atoms with Gasteiger partial charge in [0.2, 0.25) is 0 Å². The van der Waals surface area contributed by atoms with Crippen molar-refractivity contribution in [2.75, 3.05) is 17.6 Å². The summed E-state index contributed by atoms with van der Waals surface area (Å²) in [6, 6.07) is 0. The Morgan fingerprint density at radius 1 is 1.33 bits per heavy atom. The van der Waals surface area contributed by atoms with Gasteiger partial charge in [0.15, 0.2) is 0 Å². The van der Waals surface area contributed by atoms with Crippen molar-refractivity contribution in [2.45, 2.75) is 52.4 Å². The fraction of sp³-hybridized carbons (Fsp3) is 0.714. The van der Waals surface area contributed by atoms with Crippen LogP contribution in [0.2, 0.25) is 0 Å². The van der Waals surface area contributed by atoms with Gasteiger partial charge in [0.05, 0.1) is 0 Å². The zero-order chi connectivity index (χ0) is 13.0. The third-order valence-corrected chi connectivity index (χ3v) is 3.97. The van der Waals surface area contributed by atoms with Crippen molar-refractivity contribution in [1.29, 1.82) is 0 Å². The maximum Gasteiger partial charge on any atom is 0.134 e. The molecule has 0 amide bonds. The lowest BCUT2D eigenvalue weighted by atomic mass is 9.89. The number of nitrogens with one attached hydrogen (secondary N) is 1. The first-order valence-electron chi connectivity index (χ1n) is 6.98. The van der Waals surface area contributed by atoms with Crippen LogP contribution in [-0.4, -0.2) is 16.5 Å². The Morgan fingerprint density at radius 3 is 2.72 bits per heavy atom. The first-order chi connectivity index (χ1) is 8.64. The molecule has 3 N–H and O–H groups in total. The summed E-state index contributed by atoms with van der Waals surface area (Å²) in [5.74, 6) is 1.54. The Hall–Kier alpha value is -1.32. The van der Waals surface area contributed by atoms with Gasteiger partial charge in [0, 0.05) is 12.1 Å². The summed E-state index contributed by atoms with van der Waals surface area (Å²) in [5.41, 5.74) is 7.42. The van der Waals surface area contributed by atoms with E-state index in [9.17, 15) is 0 Å². The van der Waals surface area contributed by atoms with Gasteiger partial charge in [0.1, 0.15) is 18.0 Å². The van der Waals surface area contributed by atoms with Crippen LogP contribution in [-0.2, 0) is 6.42 Å². The molecular formula is C14H24N4. The number of nitrogens with two attached hydrogens (primary N) is 1. The fourth-order valence-corrected chi connectivity index (χ4v) is 2.78. The number of nitrogens with zero attached hydrogens (tertiary/aromatic N) is 2. The minimum atomic E-state index is 0.420. The average molecular weight is 248 g/mol. The average Bonchev–Trinajstić information content (AvgIpc) is 2.78. The van der Waals surface area contributed by atoms with Crippen molar-refractivity contribution in [1.82, 2.24) is 9.97 Å². The lowest BCUT2D eigenvalue weighted by Crippen LogP contribution is -2.24. The minimum absolute atomic E-state index is 0.420. The van der Waals surface area contributed by atoms with E-state index in [1.165, 1.54) is 25.7 Å². The molecule has 18 heavy (non-hydrogen) atoms. The molecule has 1 heterocycles. The van der Waals surface area contributed by atoms with Crippen LogP contribution in [0.1, 0.15) is 51.5 Å². The molecule has 0 bridgehead atoms. The van der Waals surface area contributed by atoms with E-state index in [0.29, 0.717) is 11.2 Å². The van der Waals surface area contributed by atoms with Gasteiger partial charge in [-0.1, -0.05) is 33.1 Å². The molecule has 0 radical (unpaired) electrons. The highest BCUT2D eigenvalue weighted by atomic mass is 15.0. The van der Waals surface area contributed by atoms with Crippen molar-refractivity contribution in [3.05, 3.63) is 11.9 Å². The van der Waals surface area contributed by atoms with Crippen LogP contribution >= 0.6 is 0 Å². The van der Waals surface area contributed by atoms with E-state index in [1.807, 2.05) is 0 Å². The molecule has 1 fully saturated rings. The lowest BCUT2D eigenvalue weighted by molar-refractivity contribution is 0.361. The van der Waals surface area contributed by atoms with Gasteiger partial charge in [0.25, 0.3) is 0 Å². The topological polar surface area (TPSA) is 63.8 Å². The van der Waals surface area contributed by atoms with E-state index in [0.717, 1.165) is 30.8 Å². The van der Waals surface area contributed by atoms with Gasteiger partial charge in [-0.2, -0.15) is 0 Å². The highest BCUT2D eigenvalue weighted by molar-refractivity contribution is 5.55. The molecule has 0 aliphatic heterocycles. The van der Waals surface area contributed by atoms with E-state index < -0.39 is 0 Å². The largest absolute Gasteiger partial charge is 0.383 e. The second-order valence-corrected chi connectivity index (χ2v) is 5.71. The van der Waals surface area contributed by atoms with Crippen LogP contribution in [0, 0.1) is 5.41 Å². The Morgan fingerprint density at radius 2 is 2.06 bits per heavy atom. The quantitative estimate of drug-likeness (QED) is 0.840. The van der Waals surface area contributed by atoms with Gasteiger partial charge >= 0.3 is 0 Å². The monoisotopic (exact) mass is 248 g/mol. The number of rotatable bonds is 5. The van der Waals surface area contributed by atoms with E-state index in [4.69, 9.17) is 5.73 Å². The molecule has 1 saturated carbocycles. The SMILES string of the molecule is CCCc1c(N)ncnc1NCC1(C)CCCC1. The second-order valence-electron chi connectivity index (χ2n) is 5.71. The molecule has 1 aromatic heterocycles. The predicted octanol–water partition coefficient (Wildman–Crippen LogP) is 3.00. The Labute approximate surface area is 109 Å². The van der Waals surface area contributed by atoms with Crippen LogP contribution in [0.5, 0.6) is 0 Å². The molecule has 100 valence electrons. The normalized spacial score (nSPS) is 17.9. The Balaban J connectivity index is 2.06. The van der Waals surface area contributed by atoms with Crippen LogP contribution in [0.3, 0.4) is 0 Å². The summed E-state index contributed by atoms with van der Waals surface area (Å²) in [4.78, 5) is 8.43. The molecule has 4 heteroatoms.